The Hall–Kier alpha value is -0.0400. The van der Waals surface area contributed by atoms with E-state index in [2.05, 4.69) is 19.2 Å². The first-order chi connectivity index (χ1) is 4.84. The van der Waals surface area contributed by atoms with E-state index in [1.807, 2.05) is 0 Å². The number of piperidine rings is 1. The van der Waals surface area contributed by atoms with E-state index in [1.165, 1.54) is 32.2 Å². The standard InChI is InChI=1S/C9H19N/c1-3-5-9-6-4-7-10-8(9)2/h8-10H,3-7H2,1-2H3. The highest BCUT2D eigenvalue weighted by molar-refractivity contribution is 4.76. The van der Waals surface area contributed by atoms with Gasteiger partial charge < -0.3 is 5.32 Å². The SMILES string of the molecule is CCCC1CCCNC1C. The molecule has 0 aromatic heterocycles. The predicted octanol–water partition coefficient (Wildman–Crippen LogP) is 2.17. The average Bonchev–Trinajstić information content (AvgIpc) is 1.94. The van der Waals surface area contributed by atoms with Gasteiger partial charge in [-0.25, -0.2) is 0 Å². The van der Waals surface area contributed by atoms with Gasteiger partial charge in [0.15, 0.2) is 0 Å². The van der Waals surface area contributed by atoms with E-state index >= 15 is 0 Å². The van der Waals surface area contributed by atoms with Gasteiger partial charge in [0.05, 0.1) is 0 Å². The molecule has 1 rings (SSSR count). The maximum Gasteiger partial charge on any atom is 0.00670 e. The van der Waals surface area contributed by atoms with Crippen LogP contribution in [0.5, 0.6) is 0 Å². The van der Waals surface area contributed by atoms with Gasteiger partial charge in [0.25, 0.3) is 0 Å². The quantitative estimate of drug-likeness (QED) is 0.621. The molecule has 1 aliphatic rings. The lowest BCUT2D eigenvalue weighted by Crippen LogP contribution is -2.38. The summed E-state index contributed by atoms with van der Waals surface area (Å²) in [5.74, 6) is 0.957. The van der Waals surface area contributed by atoms with Crippen molar-refractivity contribution in [1.29, 1.82) is 0 Å². The van der Waals surface area contributed by atoms with Crippen molar-refractivity contribution in [3.63, 3.8) is 0 Å². The van der Waals surface area contributed by atoms with Crippen LogP contribution in [0.3, 0.4) is 0 Å². The van der Waals surface area contributed by atoms with E-state index in [1.54, 1.807) is 0 Å². The maximum atomic E-state index is 3.52. The molecule has 1 saturated heterocycles. The fourth-order valence-electron chi connectivity index (χ4n) is 1.88. The van der Waals surface area contributed by atoms with Crippen LogP contribution in [-0.4, -0.2) is 12.6 Å². The molecule has 0 amide bonds. The summed E-state index contributed by atoms with van der Waals surface area (Å²) in [6, 6.07) is 0.772. The van der Waals surface area contributed by atoms with Crippen molar-refractivity contribution in [3.05, 3.63) is 0 Å². The summed E-state index contributed by atoms with van der Waals surface area (Å²) in [6.45, 7) is 5.84. The monoisotopic (exact) mass is 141 g/mol. The Morgan fingerprint density at radius 3 is 2.90 bits per heavy atom. The topological polar surface area (TPSA) is 12.0 Å². The van der Waals surface area contributed by atoms with Gasteiger partial charge in [-0.2, -0.15) is 0 Å². The van der Waals surface area contributed by atoms with Gasteiger partial charge in [-0.05, 0) is 38.6 Å². The van der Waals surface area contributed by atoms with Crippen molar-refractivity contribution in [1.82, 2.24) is 5.32 Å². The molecule has 60 valence electrons. The van der Waals surface area contributed by atoms with Gasteiger partial charge in [0.2, 0.25) is 0 Å². The molecule has 0 bridgehead atoms. The molecule has 2 atom stereocenters. The Balaban J connectivity index is 2.25. The summed E-state index contributed by atoms with van der Waals surface area (Å²) in [4.78, 5) is 0. The predicted molar refractivity (Wildman–Crippen MR) is 45.1 cm³/mol. The lowest BCUT2D eigenvalue weighted by atomic mass is 9.88. The highest BCUT2D eigenvalue weighted by Gasteiger charge is 2.18. The van der Waals surface area contributed by atoms with Gasteiger partial charge in [-0.3, -0.25) is 0 Å². The Labute approximate surface area is 64.2 Å². The number of hydrogen-bond acceptors (Lipinski definition) is 1. The third kappa shape index (κ3) is 1.98. The van der Waals surface area contributed by atoms with Crippen LogP contribution >= 0.6 is 0 Å². The summed E-state index contributed by atoms with van der Waals surface area (Å²) >= 11 is 0. The van der Waals surface area contributed by atoms with Crippen molar-refractivity contribution in [2.75, 3.05) is 6.54 Å². The van der Waals surface area contributed by atoms with Crippen LogP contribution in [0.25, 0.3) is 0 Å². The van der Waals surface area contributed by atoms with Gasteiger partial charge in [0.1, 0.15) is 0 Å². The van der Waals surface area contributed by atoms with E-state index in [4.69, 9.17) is 0 Å². The van der Waals surface area contributed by atoms with E-state index < -0.39 is 0 Å². The molecule has 0 saturated carbocycles. The zero-order valence-corrected chi connectivity index (χ0v) is 7.19. The minimum Gasteiger partial charge on any atom is -0.314 e. The zero-order valence-electron chi connectivity index (χ0n) is 7.19. The summed E-state index contributed by atoms with van der Waals surface area (Å²) in [5.41, 5.74) is 0. The van der Waals surface area contributed by atoms with Crippen molar-refractivity contribution in [2.24, 2.45) is 5.92 Å². The first kappa shape index (κ1) is 8.06. The Morgan fingerprint density at radius 2 is 2.30 bits per heavy atom. The highest BCUT2D eigenvalue weighted by atomic mass is 14.9. The van der Waals surface area contributed by atoms with Crippen LogP contribution in [-0.2, 0) is 0 Å². The van der Waals surface area contributed by atoms with Crippen LogP contribution in [0.15, 0.2) is 0 Å². The van der Waals surface area contributed by atoms with E-state index in [9.17, 15) is 0 Å². The van der Waals surface area contributed by atoms with Crippen molar-refractivity contribution >= 4 is 0 Å². The van der Waals surface area contributed by atoms with Gasteiger partial charge in [-0.1, -0.05) is 13.3 Å². The Kier molecular flexibility index (Phi) is 3.20. The van der Waals surface area contributed by atoms with Crippen molar-refractivity contribution in [3.8, 4) is 0 Å². The number of nitrogens with one attached hydrogen (secondary N) is 1. The molecule has 1 fully saturated rings. The molecule has 10 heavy (non-hydrogen) atoms. The third-order valence-electron chi connectivity index (χ3n) is 2.58. The molecule has 1 heterocycles. The largest absolute Gasteiger partial charge is 0.314 e. The minimum absolute atomic E-state index is 0.772. The second-order valence-electron chi connectivity index (χ2n) is 3.43. The molecule has 0 aromatic rings. The van der Waals surface area contributed by atoms with Crippen LogP contribution in [0, 0.1) is 5.92 Å². The normalized spacial score (nSPS) is 34.2. The van der Waals surface area contributed by atoms with Gasteiger partial charge in [-0.15, -0.1) is 0 Å². The average molecular weight is 141 g/mol. The van der Waals surface area contributed by atoms with Gasteiger partial charge >= 0.3 is 0 Å². The summed E-state index contributed by atoms with van der Waals surface area (Å²) in [6.07, 6.45) is 5.59. The third-order valence-corrected chi connectivity index (χ3v) is 2.58. The van der Waals surface area contributed by atoms with Crippen molar-refractivity contribution < 1.29 is 0 Å². The summed E-state index contributed by atoms with van der Waals surface area (Å²) in [5, 5.41) is 3.52. The molecule has 2 unspecified atom stereocenters. The van der Waals surface area contributed by atoms with Crippen LogP contribution in [0.2, 0.25) is 0 Å². The fourth-order valence-corrected chi connectivity index (χ4v) is 1.88. The van der Waals surface area contributed by atoms with Gasteiger partial charge in [0, 0.05) is 6.04 Å². The van der Waals surface area contributed by atoms with Crippen LogP contribution in [0.4, 0.5) is 0 Å². The number of hydrogen-bond donors (Lipinski definition) is 1. The van der Waals surface area contributed by atoms with Crippen molar-refractivity contribution in [2.45, 2.75) is 45.6 Å². The second kappa shape index (κ2) is 3.97. The van der Waals surface area contributed by atoms with Crippen LogP contribution < -0.4 is 5.32 Å². The molecule has 0 aliphatic carbocycles. The van der Waals surface area contributed by atoms with Crippen LogP contribution in [0.1, 0.15) is 39.5 Å². The second-order valence-corrected chi connectivity index (χ2v) is 3.43. The highest BCUT2D eigenvalue weighted by Crippen LogP contribution is 2.20. The lowest BCUT2D eigenvalue weighted by Gasteiger charge is -2.29. The number of rotatable bonds is 2. The maximum absolute atomic E-state index is 3.52. The fraction of sp³-hybridized carbons (Fsp3) is 1.00. The van der Waals surface area contributed by atoms with E-state index in [0.717, 1.165) is 12.0 Å². The van der Waals surface area contributed by atoms with E-state index in [0.29, 0.717) is 0 Å². The lowest BCUT2D eigenvalue weighted by molar-refractivity contribution is 0.279. The Morgan fingerprint density at radius 1 is 1.50 bits per heavy atom. The molecule has 1 nitrogen and oxygen atoms in total. The molecular formula is C9H19N. The first-order valence-electron chi connectivity index (χ1n) is 4.58. The zero-order chi connectivity index (χ0) is 7.40. The molecule has 0 spiro atoms. The molecule has 0 aromatic carbocycles. The van der Waals surface area contributed by atoms with E-state index in [-0.39, 0.29) is 0 Å². The molecular weight excluding hydrogens is 122 g/mol. The Bertz CT molecular complexity index is 88.7. The molecule has 1 aliphatic heterocycles. The smallest absolute Gasteiger partial charge is 0.00670 e. The summed E-state index contributed by atoms with van der Waals surface area (Å²) < 4.78 is 0. The minimum atomic E-state index is 0.772. The molecule has 0 radical (unpaired) electrons. The summed E-state index contributed by atoms with van der Waals surface area (Å²) in [7, 11) is 0. The molecule has 1 N–H and O–H groups in total. The molecule has 1 heteroatoms. The first-order valence-corrected chi connectivity index (χ1v) is 4.58.